The van der Waals surface area contributed by atoms with Gasteiger partial charge in [0.15, 0.2) is 6.39 Å². The molecule has 0 spiro atoms. The van der Waals surface area contributed by atoms with Crippen LogP contribution >= 0.6 is 34.4 Å². The Morgan fingerprint density at radius 3 is 1.87 bits per heavy atom. The van der Waals surface area contributed by atoms with E-state index in [9.17, 15) is 0 Å². The van der Waals surface area contributed by atoms with Gasteiger partial charge in [-0.25, -0.2) is 9.36 Å². The molecular formula is C16H16N8O3S3. The number of hydrogen-bond acceptors (Lipinski definition) is 14. The molecule has 11 nitrogen and oxygen atoms in total. The molecule has 0 amide bonds. The maximum absolute atomic E-state index is 4.47. The first-order chi connectivity index (χ1) is 15.0. The van der Waals surface area contributed by atoms with Crippen molar-refractivity contribution in [1.82, 2.24) is 39.5 Å². The number of hydrogen-bond donors (Lipinski definition) is 0. The highest BCUT2D eigenvalue weighted by molar-refractivity contribution is 7.07. The van der Waals surface area contributed by atoms with E-state index in [1.807, 2.05) is 22.2 Å². The first kappa shape index (κ1) is 24.4. The number of oxazole rings is 1. The summed E-state index contributed by atoms with van der Waals surface area (Å²) in [4.78, 5) is 7.30. The summed E-state index contributed by atoms with van der Waals surface area (Å²) in [5.74, 6) is 0. The van der Waals surface area contributed by atoms with Crippen molar-refractivity contribution in [2.45, 2.75) is 0 Å². The van der Waals surface area contributed by atoms with Crippen LogP contribution in [0, 0.1) is 0 Å². The lowest BCUT2D eigenvalue weighted by Crippen LogP contribution is -1.53. The second-order valence-corrected chi connectivity index (χ2v) is 6.00. The van der Waals surface area contributed by atoms with Gasteiger partial charge in [0.2, 0.25) is 0 Å². The van der Waals surface area contributed by atoms with Gasteiger partial charge in [-0.2, -0.15) is 0 Å². The molecule has 6 aromatic heterocycles. The van der Waals surface area contributed by atoms with Crippen molar-refractivity contribution in [3.8, 4) is 0 Å². The molecular weight excluding hydrogens is 448 g/mol. The molecule has 14 heteroatoms. The van der Waals surface area contributed by atoms with Gasteiger partial charge < -0.3 is 13.5 Å². The molecule has 156 valence electrons. The topological polar surface area (TPSA) is 143 Å². The first-order valence-corrected chi connectivity index (χ1v) is 10.4. The summed E-state index contributed by atoms with van der Waals surface area (Å²) in [5, 5.41) is 18.9. The summed E-state index contributed by atoms with van der Waals surface area (Å²) in [6.45, 7) is 0. The summed E-state index contributed by atoms with van der Waals surface area (Å²) in [6.07, 6.45) is 15.6. The van der Waals surface area contributed by atoms with Gasteiger partial charge in [-0.05, 0) is 35.2 Å². The van der Waals surface area contributed by atoms with E-state index in [0.717, 1.165) is 0 Å². The SMILES string of the molecule is c1cnoc1.c1cnsc1.c1cocn1.c1conn1.c1cscn1.c1csnn1. The number of nitrogens with zero attached hydrogens (tertiary/aromatic N) is 8. The third kappa shape index (κ3) is 19.2. The second-order valence-electron chi connectivity index (χ2n) is 3.90. The second kappa shape index (κ2) is 21.7. The molecule has 0 radical (unpaired) electrons. The van der Waals surface area contributed by atoms with Crippen LogP contribution in [0.4, 0.5) is 0 Å². The molecule has 0 N–H and O–H groups in total. The smallest absolute Gasteiger partial charge is 0.180 e. The average molecular weight is 465 g/mol. The molecule has 0 saturated carbocycles. The zero-order chi connectivity index (χ0) is 21.2. The Morgan fingerprint density at radius 2 is 1.67 bits per heavy atom. The van der Waals surface area contributed by atoms with Crippen molar-refractivity contribution >= 4 is 34.4 Å². The molecule has 6 heterocycles. The van der Waals surface area contributed by atoms with Crippen LogP contribution in [0.1, 0.15) is 0 Å². The predicted molar refractivity (Wildman–Crippen MR) is 111 cm³/mol. The normalized spacial score (nSPS) is 8.00. The van der Waals surface area contributed by atoms with E-state index in [0.29, 0.717) is 0 Å². The fourth-order valence-electron chi connectivity index (χ4n) is 0.975. The van der Waals surface area contributed by atoms with Crippen molar-refractivity contribution in [3.05, 3.63) is 96.1 Å². The molecule has 0 aliphatic rings. The van der Waals surface area contributed by atoms with E-state index in [-0.39, 0.29) is 0 Å². The van der Waals surface area contributed by atoms with Crippen LogP contribution in [-0.2, 0) is 0 Å². The number of aromatic nitrogens is 8. The Morgan fingerprint density at radius 1 is 0.667 bits per heavy atom. The molecule has 0 aromatic carbocycles. The summed E-state index contributed by atoms with van der Waals surface area (Å²) in [5.41, 5.74) is 1.79. The van der Waals surface area contributed by atoms with Crippen LogP contribution in [0.3, 0.4) is 0 Å². The molecule has 0 atom stereocenters. The molecule has 6 rings (SSSR count). The van der Waals surface area contributed by atoms with Crippen molar-refractivity contribution in [2.24, 2.45) is 0 Å². The van der Waals surface area contributed by atoms with Crippen molar-refractivity contribution in [3.63, 3.8) is 0 Å². The fourth-order valence-corrected chi connectivity index (χ4v) is 1.95. The highest BCUT2D eigenvalue weighted by Crippen LogP contribution is 1.86. The van der Waals surface area contributed by atoms with E-state index in [4.69, 9.17) is 0 Å². The van der Waals surface area contributed by atoms with Gasteiger partial charge in [-0.15, -0.1) is 21.5 Å². The summed E-state index contributed by atoms with van der Waals surface area (Å²) in [7, 11) is 0. The zero-order valence-electron chi connectivity index (χ0n) is 15.3. The molecule has 6 aromatic rings. The Kier molecular flexibility index (Phi) is 17.6. The summed E-state index contributed by atoms with van der Waals surface area (Å²) in [6, 6.07) is 3.63. The van der Waals surface area contributed by atoms with Gasteiger partial charge in [0.25, 0.3) is 0 Å². The quantitative estimate of drug-likeness (QED) is 0.318. The van der Waals surface area contributed by atoms with Crippen LogP contribution in [0.25, 0.3) is 0 Å². The molecule has 0 unspecified atom stereocenters. The first-order valence-electron chi connectivity index (χ1n) is 7.75. The lowest BCUT2D eigenvalue weighted by atomic mass is 10.8. The molecule has 0 aliphatic heterocycles. The Labute approximate surface area is 183 Å². The van der Waals surface area contributed by atoms with Crippen molar-refractivity contribution in [2.75, 3.05) is 0 Å². The largest absolute Gasteiger partial charge is 0.452 e. The van der Waals surface area contributed by atoms with Gasteiger partial charge >= 0.3 is 0 Å². The number of rotatable bonds is 0. The fraction of sp³-hybridized carbons (Fsp3) is 0. The predicted octanol–water partition coefficient (Wildman–Crippen LogP) is 4.24. The van der Waals surface area contributed by atoms with Gasteiger partial charge in [0.05, 0.1) is 30.3 Å². The Bertz CT molecular complexity index is 592. The highest BCUT2D eigenvalue weighted by Gasteiger charge is 1.63. The Hall–Kier alpha value is -3.62. The molecule has 0 aliphatic carbocycles. The standard InChI is InChI=1S/2C3H3NO.2C3H3NS.C2H2N2O.C2H2N2S/c1-2-5-3-4-1;1-2-4-5-3-1;1-2-5-3-4-1;1-2-4-5-3-1;2*1-2-5-4-3-1/h4*1-3H;2*1-2H. The molecule has 30 heavy (non-hydrogen) atoms. The molecule has 0 bridgehead atoms. The van der Waals surface area contributed by atoms with E-state index in [2.05, 4.69) is 52.9 Å². The van der Waals surface area contributed by atoms with Crippen LogP contribution in [0.15, 0.2) is 110 Å². The average Bonchev–Trinajstić information content (AvgIpc) is 3.69. The van der Waals surface area contributed by atoms with Gasteiger partial charge in [-0.1, -0.05) is 9.64 Å². The lowest BCUT2D eigenvalue weighted by Gasteiger charge is -1.48. The van der Waals surface area contributed by atoms with Crippen LogP contribution in [0.2, 0.25) is 0 Å². The van der Waals surface area contributed by atoms with E-state index in [1.54, 1.807) is 53.9 Å². The Balaban J connectivity index is 0.000000180. The maximum atomic E-state index is 4.47. The highest BCUT2D eigenvalue weighted by atomic mass is 32.1. The maximum Gasteiger partial charge on any atom is 0.180 e. The van der Waals surface area contributed by atoms with Gasteiger partial charge in [0, 0.05) is 33.8 Å². The third-order valence-electron chi connectivity index (χ3n) is 1.95. The molecule has 0 fully saturated rings. The minimum absolute atomic E-state index is 1.35. The van der Waals surface area contributed by atoms with Crippen LogP contribution < -0.4 is 0 Å². The monoisotopic (exact) mass is 464 g/mol. The minimum atomic E-state index is 1.35. The summed E-state index contributed by atoms with van der Waals surface area (Å²) < 4.78 is 20.3. The number of thiazole rings is 1. The minimum Gasteiger partial charge on any atom is -0.452 e. The van der Waals surface area contributed by atoms with E-state index >= 15 is 0 Å². The molecule has 0 saturated heterocycles. The van der Waals surface area contributed by atoms with Gasteiger partial charge in [0.1, 0.15) is 18.8 Å². The van der Waals surface area contributed by atoms with E-state index in [1.165, 1.54) is 54.4 Å². The third-order valence-corrected chi connectivity index (χ3v) is 3.43. The van der Waals surface area contributed by atoms with E-state index < -0.39 is 0 Å². The van der Waals surface area contributed by atoms with Crippen LogP contribution in [0.5, 0.6) is 0 Å². The van der Waals surface area contributed by atoms with Gasteiger partial charge in [-0.3, -0.25) is 4.98 Å². The zero-order valence-corrected chi connectivity index (χ0v) is 17.7. The summed E-state index contributed by atoms with van der Waals surface area (Å²) >= 11 is 4.42. The van der Waals surface area contributed by atoms with Crippen LogP contribution in [-0.4, -0.2) is 39.5 Å². The lowest BCUT2D eigenvalue weighted by molar-refractivity contribution is 0.393. The van der Waals surface area contributed by atoms with Crippen molar-refractivity contribution in [1.29, 1.82) is 0 Å². The van der Waals surface area contributed by atoms with Crippen molar-refractivity contribution < 1.29 is 13.5 Å².